The Labute approximate surface area is 174 Å². The molecule has 156 valence electrons. The number of primary amides is 1. The average molecular weight is 407 g/mol. The lowest BCUT2D eigenvalue weighted by atomic mass is 10.2. The molecule has 9 nitrogen and oxygen atoms in total. The first-order chi connectivity index (χ1) is 14.5. The van der Waals surface area contributed by atoms with Gasteiger partial charge in [-0.05, 0) is 32.8 Å². The van der Waals surface area contributed by atoms with Gasteiger partial charge >= 0.3 is 0 Å². The van der Waals surface area contributed by atoms with Gasteiger partial charge in [0.1, 0.15) is 35.7 Å². The summed E-state index contributed by atoms with van der Waals surface area (Å²) < 4.78 is 10.1. The molecule has 0 aliphatic carbocycles. The second kappa shape index (κ2) is 7.16. The summed E-state index contributed by atoms with van der Waals surface area (Å²) in [6, 6.07) is 3.82. The summed E-state index contributed by atoms with van der Waals surface area (Å²) in [5, 5.41) is 4.43. The number of rotatable bonds is 4. The number of carbonyl (C=O) groups is 1. The van der Waals surface area contributed by atoms with Crippen LogP contribution in [0.1, 0.15) is 32.7 Å². The zero-order valence-corrected chi connectivity index (χ0v) is 17.2. The second-order valence-electron chi connectivity index (χ2n) is 8.04. The fourth-order valence-electron chi connectivity index (χ4n) is 4.31. The Kier molecular flexibility index (Phi) is 4.45. The number of fused-ring (bicyclic) bond motifs is 3. The first-order valence-corrected chi connectivity index (χ1v) is 10.3. The SMILES string of the molecule is CC(C)n1nccc1-c1cn2c(n1)-c1cnc(N3CCC[C@H]3C(N)=O)cc1OCC2. The molecule has 1 amide bonds. The number of anilines is 1. The largest absolute Gasteiger partial charge is 0.491 e. The molecule has 0 bridgehead atoms. The van der Waals surface area contributed by atoms with Crippen molar-refractivity contribution in [3.63, 3.8) is 0 Å². The third kappa shape index (κ3) is 3.01. The highest BCUT2D eigenvalue weighted by molar-refractivity contribution is 5.84. The van der Waals surface area contributed by atoms with Crippen LogP contribution in [0.2, 0.25) is 0 Å². The smallest absolute Gasteiger partial charge is 0.240 e. The van der Waals surface area contributed by atoms with Crippen LogP contribution in [-0.4, -0.2) is 49.4 Å². The molecule has 0 saturated carbocycles. The molecule has 1 saturated heterocycles. The summed E-state index contributed by atoms with van der Waals surface area (Å²) in [5.74, 6) is 1.95. The molecule has 3 aromatic rings. The number of ether oxygens (including phenoxy) is 1. The molecule has 0 unspecified atom stereocenters. The molecule has 2 aliphatic heterocycles. The highest BCUT2D eigenvalue weighted by Gasteiger charge is 2.31. The minimum Gasteiger partial charge on any atom is -0.491 e. The van der Waals surface area contributed by atoms with E-state index in [1.165, 1.54) is 0 Å². The topological polar surface area (TPSA) is 104 Å². The molecule has 30 heavy (non-hydrogen) atoms. The van der Waals surface area contributed by atoms with Crippen LogP contribution in [0.25, 0.3) is 22.8 Å². The lowest BCUT2D eigenvalue weighted by molar-refractivity contribution is -0.119. The number of hydrogen-bond donors (Lipinski definition) is 1. The maximum Gasteiger partial charge on any atom is 0.240 e. The number of amides is 1. The van der Waals surface area contributed by atoms with Crippen LogP contribution >= 0.6 is 0 Å². The molecular weight excluding hydrogens is 382 g/mol. The first-order valence-electron chi connectivity index (χ1n) is 10.3. The summed E-state index contributed by atoms with van der Waals surface area (Å²) in [6.45, 7) is 6.18. The van der Waals surface area contributed by atoms with E-state index in [0.717, 1.165) is 47.9 Å². The Morgan fingerprint density at radius 1 is 1.33 bits per heavy atom. The van der Waals surface area contributed by atoms with Crippen molar-refractivity contribution in [1.82, 2.24) is 24.3 Å². The molecule has 9 heteroatoms. The van der Waals surface area contributed by atoms with Crippen molar-refractivity contribution in [2.45, 2.75) is 45.3 Å². The van der Waals surface area contributed by atoms with E-state index < -0.39 is 0 Å². The van der Waals surface area contributed by atoms with Crippen LogP contribution in [-0.2, 0) is 11.3 Å². The van der Waals surface area contributed by atoms with Gasteiger partial charge in [0, 0.05) is 37.2 Å². The van der Waals surface area contributed by atoms with Crippen LogP contribution < -0.4 is 15.4 Å². The van der Waals surface area contributed by atoms with Crippen LogP contribution in [0, 0.1) is 0 Å². The number of nitrogens with two attached hydrogens (primary N) is 1. The quantitative estimate of drug-likeness (QED) is 0.711. The predicted molar refractivity (Wildman–Crippen MR) is 112 cm³/mol. The van der Waals surface area contributed by atoms with Crippen LogP contribution in [0.5, 0.6) is 5.75 Å². The maximum absolute atomic E-state index is 11.8. The fraction of sp³-hybridized carbons (Fsp3) is 0.429. The van der Waals surface area contributed by atoms with Gasteiger partial charge in [-0.2, -0.15) is 5.10 Å². The van der Waals surface area contributed by atoms with E-state index in [-0.39, 0.29) is 18.0 Å². The highest BCUT2D eigenvalue weighted by Crippen LogP contribution is 2.36. The van der Waals surface area contributed by atoms with Crippen molar-refractivity contribution in [3.8, 4) is 28.5 Å². The summed E-state index contributed by atoms with van der Waals surface area (Å²) in [5.41, 5.74) is 8.28. The van der Waals surface area contributed by atoms with E-state index in [4.69, 9.17) is 15.5 Å². The lowest BCUT2D eigenvalue weighted by Gasteiger charge is -2.23. The zero-order valence-electron chi connectivity index (χ0n) is 17.2. The van der Waals surface area contributed by atoms with Gasteiger partial charge in [-0.3, -0.25) is 9.48 Å². The molecule has 5 heterocycles. The number of pyridine rings is 1. The number of aromatic nitrogens is 5. The molecule has 0 aromatic carbocycles. The van der Waals surface area contributed by atoms with Crippen LogP contribution in [0.4, 0.5) is 5.82 Å². The lowest BCUT2D eigenvalue weighted by Crippen LogP contribution is -2.40. The third-order valence-corrected chi connectivity index (χ3v) is 5.76. The van der Waals surface area contributed by atoms with E-state index in [1.807, 2.05) is 27.9 Å². The Morgan fingerprint density at radius 2 is 2.20 bits per heavy atom. The molecule has 1 atom stereocenters. The van der Waals surface area contributed by atoms with Crippen molar-refractivity contribution in [1.29, 1.82) is 0 Å². The van der Waals surface area contributed by atoms with Crippen molar-refractivity contribution in [2.24, 2.45) is 5.73 Å². The van der Waals surface area contributed by atoms with E-state index in [1.54, 1.807) is 12.4 Å². The van der Waals surface area contributed by atoms with E-state index in [9.17, 15) is 4.79 Å². The van der Waals surface area contributed by atoms with Gasteiger partial charge in [0.15, 0.2) is 0 Å². The van der Waals surface area contributed by atoms with Gasteiger partial charge < -0.3 is 19.9 Å². The highest BCUT2D eigenvalue weighted by atomic mass is 16.5. The summed E-state index contributed by atoms with van der Waals surface area (Å²) in [7, 11) is 0. The normalized spacial score (nSPS) is 18.1. The van der Waals surface area contributed by atoms with Gasteiger partial charge in [-0.1, -0.05) is 0 Å². The summed E-state index contributed by atoms with van der Waals surface area (Å²) >= 11 is 0. The molecule has 2 aliphatic rings. The molecule has 0 spiro atoms. The molecule has 3 aromatic heterocycles. The van der Waals surface area contributed by atoms with Gasteiger partial charge in [0.2, 0.25) is 5.91 Å². The Morgan fingerprint density at radius 3 is 3.00 bits per heavy atom. The maximum atomic E-state index is 11.8. The number of hydrogen-bond acceptors (Lipinski definition) is 6. The Bertz CT molecular complexity index is 1100. The van der Waals surface area contributed by atoms with Gasteiger partial charge in [0.25, 0.3) is 0 Å². The Balaban J connectivity index is 1.54. The zero-order chi connectivity index (χ0) is 20.8. The first kappa shape index (κ1) is 18.7. The van der Waals surface area contributed by atoms with Crippen LogP contribution in [0.15, 0.2) is 30.7 Å². The monoisotopic (exact) mass is 407 g/mol. The van der Waals surface area contributed by atoms with Crippen molar-refractivity contribution in [2.75, 3.05) is 18.1 Å². The number of imidazole rings is 1. The third-order valence-electron chi connectivity index (χ3n) is 5.76. The summed E-state index contributed by atoms with van der Waals surface area (Å²) in [4.78, 5) is 23.3. The van der Waals surface area contributed by atoms with E-state index >= 15 is 0 Å². The van der Waals surface area contributed by atoms with Gasteiger partial charge in [0.05, 0.1) is 17.8 Å². The van der Waals surface area contributed by atoms with E-state index in [2.05, 4.69) is 28.5 Å². The van der Waals surface area contributed by atoms with Gasteiger partial charge in [-0.15, -0.1) is 0 Å². The number of nitrogens with zero attached hydrogens (tertiary/aromatic N) is 6. The van der Waals surface area contributed by atoms with Crippen molar-refractivity contribution < 1.29 is 9.53 Å². The van der Waals surface area contributed by atoms with Crippen LogP contribution in [0.3, 0.4) is 0 Å². The summed E-state index contributed by atoms with van der Waals surface area (Å²) in [6.07, 6.45) is 7.31. The molecule has 2 N–H and O–H groups in total. The fourth-order valence-corrected chi connectivity index (χ4v) is 4.31. The van der Waals surface area contributed by atoms with E-state index in [0.29, 0.717) is 19.0 Å². The molecule has 5 rings (SSSR count). The number of carbonyl (C=O) groups excluding carboxylic acids is 1. The predicted octanol–water partition coefficient (Wildman–Crippen LogP) is 2.24. The molecular formula is C21H25N7O2. The van der Waals surface area contributed by atoms with Crippen molar-refractivity contribution in [3.05, 3.63) is 30.7 Å². The average Bonchev–Trinajstić information content (AvgIpc) is 3.45. The minimum absolute atomic E-state index is 0.245. The standard InChI is InChI=1S/C21H25N7O2/c1-13(2)28-16(5-6-24-28)15-12-26-8-9-30-18-10-19(23-11-14(18)21(26)25-15)27-7-3-4-17(27)20(22)29/h5-6,10-13,17H,3-4,7-9H2,1-2H3,(H2,22,29)/t17-/m0/s1. The minimum atomic E-state index is -0.314. The second-order valence-corrected chi connectivity index (χ2v) is 8.04. The molecule has 0 radical (unpaired) electrons. The molecule has 1 fully saturated rings. The Hall–Kier alpha value is -3.36. The van der Waals surface area contributed by atoms with Gasteiger partial charge in [-0.25, -0.2) is 9.97 Å². The van der Waals surface area contributed by atoms with Crippen molar-refractivity contribution >= 4 is 11.7 Å².